The molecule has 2 heterocycles. The first-order valence-corrected chi connectivity index (χ1v) is 9.79. The summed E-state index contributed by atoms with van der Waals surface area (Å²) in [4.78, 5) is 44.3. The molecule has 7 heteroatoms. The Morgan fingerprint density at radius 3 is 2.25 bits per heavy atom. The maximum absolute atomic E-state index is 12.8. The van der Waals surface area contributed by atoms with Crippen LogP contribution in [0.3, 0.4) is 0 Å². The smallest absolute Gasteiger partial charge is 0.295 e. The largest absolute Gasteiger partial charge is 0.360 e. The van der Waals surface area contributed by atoms with Gasteiger partial charge in [0.25, 0.3) is 17.6 Å². The minimum absolute atomic E-state index is 0.0559. The minimum Gasteiger partial charge on any atom is -0.360 e. The van der Waals surface area contributed by atoms with Crippen molar-refractivity contribution < 1.29 is 14.4 Å². The van der Waals surface area contributed by atoms with E-state index in [4.69, 9.17) is 0 Å². The highest BCUT2D eigenvalue weighted by molar-refractivity contribution is 9.10. The average Bonchev–Trinajstić information content (AvgIpc) is 3.18. The van der Waals surface area contributed by atoms with Crippen molar-refractivity contribution in [1.82, 2.24) is 14.8 Å². The van der Waals surface area contributed by atoms with Gasteiger partial charge in [-0.05, 0) is 24.3 Å². The van der Waals surface area contributed by atoms with Gasteiger partial charge in [0.1, 0.15) is 0 Å². The quantitative estimate of drug-likeness (QED) is 0.503. The van der Waals surface area contributed by atoms with Crippen LogP contribution in [0.4, 0.5) is 0 Å². The van der Waals surface area contributed by atoms with Gasteiger partial charge in [0, 0.05) is 53.3 Å². The molecule has 0 spiro atoms. The molecular formula is C21H18BrN3O3. The summed E-state index contributed by atoms with van der Waals surface area (Å²) >= 11 is 3.45. The van der Waals surface area contributed by atoms with Gasteiger partial charge in [-0.15, -0.1) is 0 Å². The Balaban J connectivity index is 1.45. The number of nitrogens with zero attached hydrogens (tertiary/aromatic N) is 2. The van der Waals surface area contributed by atoms with E-state index in [0.717, 1.165) is 9.99 Å². The van der Waals surface area contributed by atoms with Gasteiger partial charge < -0.3 is 14.8 Å². The number of nitrogens with one attached hydrogen (secondary N) is 1. The van der Waals surface area contributed by atoms with Crippen molar-refractivity contribution >= 4 is 44.4 Å². The van der Waals surface area contributed by atoms with E-state index in [2.05, 4.69) is 20.9 Å². The molecule has 2 aromatic carbocycles. The molecule has 1 fully saturated rings. The van der Waals surface area contributed by atoms with Crippen LogP contribution in [0.25, 0.3) is 10.9 Å². The normalized spacial score (nSPS) is 14.3. The molecule has 0 radical (unpaired) electrons. The zero-order valence-corrected chi connectivity index (χ0v) is 16.6. The van der Waals surface area contributed by atoms with Crippen LogP contribution in [0, 0.1) is 0 Å². The Kier molecular flexibility index (Phi) is 5.00. The Morgan fingerprint density at radius 2 is 1.54 bits per heavy atom. The predicted octanol–water partition coefficient (Wildman–Crippen LogP) is 3.10. The summed E-state index contributed by atoms with van der Waals surface area (Å²) in [5.74, 6) is -1.14. The predicted molar refractivity (Wildman–Crippen MR) is 109 cm³/mol. The summed E-state index contributed by atoms with van der Waals surface area (Å²) in [5, 5.41) is 0.707. The van der Waals surface area contributed by atoms with Crippen LogP contribution in [0.5, 0.6) is 0 Å². The molecule has 2 amide bonds. The lowest BCUT2D eigenvalue weighted by atomic mass is 10.1. The van der Waals surface area contributed by atoms with E-state index in [1.807, 2.05) is 36.4 Å². The zero-order chi connectivity index (χ0) is 19.7. The van der Waals surface area contributed by atoms with Crippen molar-refractivity contribution in [2.45, 2.75) is 0 Å². The number of carbonyl (C=O) groups excluding carboxylic acids is 3. The first kappa shape index (κ1) is 18.4. The van der Waals surface area contributed by atoms with Gasteiger partial charge in [0.15, 0.2) is 0 Å². The number of hydrogen-bond donors (Lipinski definition) is 1. The Morgan fingerprint density at radius 1 is 0.857 bits per heavy atom. The molecule has 3 aromatic rings. The fraction of sp³-hybridized carbons (Fsp3) is 0.190. The number of H-pyrrole nitrogens is 1. The second-order valence-electron chi connectivity index (χ2n) is 6.64. The zero-order valence-electron chi connectivity index (χ0n) is 15.0. The van der Waals surface area contributed by atoms with Crippen LogP contribution in [-0.4, -0.2) is 58.6 Å². The number of ketones is 1. The number of Topliss-reactive ketones (excluding diaryl/α,β-unsaturated/α-hetero) is 1. The third-order valence-corrected chi connectivity index (χ3v) is 5.63. The number of halogens is 1. The van der Waals surface area contributed by atoms with Crippen molar-refractivity contribution in [1.29, 1.82) is 0 Å². The topological polar surface area (TPSA) is 73.5 Å². The Hall–Kier alpha value is -2.93. The van der Waals surface area contributed by atoms with Crippen LogP contribution < -0.4 is 0 Å². The number of rotatable bonds is 3. The molecule has 1 aliphatic heterocycles. The molecule has 28 heavy (non-hydrogen) atoms. The highest BCUT2D eigenvalue weighted by atomic mass is 79.9. The van der Waals surface area contributed by atoms with E-state index in [0.29, 0.717) is 42.7 Å². The van der Waals surface area contributed by atoms with Gasteiger partial charge in [0.05, 0.1) is 5.56 Å². The van der Waals surface area contributed by atoms with Gasteiger partial charge in [-0.1, -0.05) is 40.2 Å². The Bertz CT molecular complexity index is 1050. The molecule has 4 rings (SSSR count). The fourth-order valence-corrected chi connectivity index (χ4v) is 4.03. The molecule has 1 aliphatic rings. The van der Waals surface area contributed by atoms with Crippen molar-refractivity contribution in [2.75, 3.05) is 26.2 Å². The lowest BCUT2D eigenvalue weighted by Gasteiger charge is -2.34. The SMILES string of the molecule is O=C(C(=O)N1CCN(C(=O)c2ccccc2)CC1)c1c[nH]c2cccc(Br)c12. The van der Waals surface area contributed by atoms with Gasteiger partial charge in [-0.3, -0.25) is 14.4 Å². The van der Waals surface area contributed by atoms with Crippen LogP contribution in [-0.2, 0) is 4.79 Å². The average molecular weight is 440 g/mol. The molecule has 142 valence electrons. The van der Waals surface area contributed by atoms with Gasteiger partial charge in [-0.25, -0.2) is 0 Å². The van der Waals surface area contributed by atoms with Crippen molar-refractivity contribution in [3.8, 4) is 0 Å². The lowest BCUT2D eigenvalue weighted by molar-refractivity contribution is -0.127. The molecule has 0 unspecified atom stereocenters. The maximum Gasteiger partial charge on any atom is 0.295 e. The van der Waals surface area contributed by atoms with Gasteiger partial charge >= 0.3 is 0 Å². The molecule has 1 N–H and O–H groups in total. The monoisotopic (exact) mass is 439 g/mol. The summed E-state index contributed by atoms with van der Waals surface area (Å²) in [6.45, 7) is 1.49. The molecular weight excluding hydrogens is 422 g/mol. The number of fused-ring (bicyclic) bond motifs is 1. The maximum atomic E-state index is 12.8. The van der Waals surface area contributed by atoms with E-state index in [-0.39, 0.29) is 5.91 Å². The number of piperazine rings is 1. The number of hydrogen-bond acceptors (Lipinski definition) is 3. The lowest BCUT2D eigenvalue weighted by Crippen LogP contribution is -2.52. The highest BCUT2D eigenvalue weighted by Crippen LogP contribution is 2.27. The molecule has 0 bridgehead atoms. The first-order valence-electron chi connectivity index (χ1n) is 9.00. The van der Waals surface area contributed by atoms with Crippen molar-refractivity contribution in [3.05, 3.63) is 70.3 Å². The summed E-state index contributed by atoms with van der Waals surface area (Å²) in [5.41, 5.74) is 1.78. The fourth-order valence-electron chi connectivity index (χ4n) is 3.45. The van der Waals surface area contributed by atoms with E-state index < -0.39 is 11.7 Å². The van der Waals surface area contributed by atoms with Gasteiger partial charge in [-0.2, -0.15) is 0 Å². The summed E-state index contributed by atoms with van der Waals surface area (Å²) in [6.07, 6.45) is 1.57. The minimum atomic E-state index is -0.541. The number of aromatic nitrogens is 1. The molecule has 1 aromatic heterocycles. The number of aromatic amines is 1. The van der Waals surface area contributed by atoms with Crippen molar-refractivity contribution in [2.24, 2.45) is 0 Å². The third-order valence-electron chi connectivity index (χ3n) is 4.97. The second kappa shape index (κ2) is 7.59. The molecule has 0 aliphatic carbocycles. The Labute approximate surface area is 170 Å². The number of amides is 2. The molecule has 1 saturated heterocycles. The van der Waals surface area contributed by atoms with Crippen LogP contribution in [0.1, 0.15) is 20.7 Å². The summed E-state index contributed by atoms with van der Waals surface area (Å²) in [7, 11) is 0. The van der Waals surface area contributed by atoms with Crippen molar-refractivity contribution in [3.63, 3.8) is 0 Å². The number of benzene rings is 2. The molecule has 6 nitrogen and oxygen atoms in total. The highest BCUT2D eigenvalue weighted by Gasteiger charge is 2.30. The van der Waals surface area contributed by atoms with Crippen LogP contribution in [0.2, 0.25) is 0 Å². The van der Waals surface area contributed by atoms with E-state index in [1.54, 1.807) is 23.2 Å². The van der Waals surface area contributed by atoms with E-state index in [9.17, 15) is 14.4 Å². The summed E-state index contributed by atoms with van der Waals surface area (Å²) < 4.78 is 0.765. The third kappa shape index (κ3) is 3.33. The van der Waals surface area contributed by atoms with Gasteiger partial charge in [0.2, 0.25) is 0 Å². The number of carbonyl (C=O) groups is 3. The first-order chi connectivity index (χ1) is 13.6. The standard InChI is InChI=1S/C21H18BrN3O3/c22-16-7-4-8-17-18(16)15(13-23-17)19(26)21(28)25-11-9-24(10-12-25)20(27)14-5-2-1-3-6-14/h1-8,13,23H,9-12H2. The van der Waals surface area contributed by atoms with E-state index >= 15 is 0 Å². The summed E-state index contributed by atoms with van der Waals surface area (Å²) in [6, 6.07) is 14.6. The molecule has 0 atom stereocenters. The molecule has 0 saturated carbocycles. The van der Waals surface area contributed by atoms with E-state index in [1.165, 1.54) is 4.90 Å². The van der Waals surface area contributed by atoms with Crippen LogP contribution in [0.15, 0.2) is 59.2 Å². The van der Waals surface area contributed by atoms with Crippen LogP contribution >= 0.6 is 15.9 Å². The second-order valence-corrected chi connectivity index (χ2v) is 7.50.